The molecule has 1 unspecified atom stereocenters. The summed E-state index contributed by atoms with van der Waals surface area (Å²) < 4.78 is 5.22. The average molecular weight is 325 g/mol. The second kappa shape index (κ2) is 7.34. The van der Waals surface area contributed by atoms with E-state index >= 15 is 0 Å². The number of carbonyl (C=O) groups is 1. The van der Waals surface area contributed by atoms with Crippen LogP contribution in [0.15, 0.2) is 24.3 Å². The normalized spacial score (nSPS) is 26.5. The summed E-state index contributed by atoms with van der Waals surface area (Å²) in [6, 6.07) is 8.26. The number of benzene rings is 1. The minimum atomic E-state index is 0. The second-order valence-electron chi connectivity index (χ2n) is 6.33. The Morgan fingerprint density at radius 3 is 2.64 bits per heavy atom. The van der Waals surface area contributed by atoms with E-state index in [4.69, 9.17) is 10.5 Å². The molecule has 3 rings (SSSR count). The van der Waals surface area contributed by atoms with Crippen LogP contribution in [0.1, 0.15) is 24.8 Å². The number of nitrogens with two attached hydrogens (primary N) is 1. The van der Waals surface area contributed by atoms with Gasteiger partial charge in [0.2, 0.25) is 5.91 Å². The van der Waals surface area contributed by atoms with E-state index in [1.165, 1.54) is 12.8 Å². The van der Waals surface area contributed by atoms with Gasteiger partial charge in [-0.25, -0.2) is 0 Å². The molecule has 1 aliphatic heterocycles. The number of hydrogen-bond acceptors (Lipinski definition) is 3. The van der Waals surface area contributed by atoms with Gasteiger partial charge in [-0.2, -0.15) is 0 Å². The van der Waals surface area contributed by atoms with Gasteiger partial charge in [0.25, 0.3) is 0 Å². The highest BCUT2D eigenvalue weighted by molar-refractivity contribution is 5.85. The first-order chi connectivity index (χ1) is 10.2. The van der Waals surface area contributed by atoms with Crippen molar-refractivity contribution in [2.24, 2.45) is 17.6 Å². The van der Waals surface area contributed by atoms with Crippen molar-refractivity contribution in [2.75, 3.05) is 20.2 Å². The average Bonchev–Trinajstić information content (AvgIpc) is 2.74. The van der Waals surface area contributed by atoms with Gasteiger partial charge in [-0.15, -0.1) is 12.4 Å². The van der Waals surface area contributed by atoms with E-state index in [9.17, 15) is 4.79 Å². The quantitative estimate of drug-likeness (QED) is 0.924. The summed E-state index contributed by atoms with van der Waals surface area (Å²) in [5, 5.41) is 0. The van der Waals surface area contributed by atoms with Crippen LogP contribution in [0.3, 0.4) is 0 Å². The lowest BCUT2D eigenvalue weighted by molar-refractivity contribution is -0.133. The largest absolute Gasteiger partial charge is 0.497 e. The van der Waals surface area contributed by atoms with Crippen molar-refractivity contribution >= 4 is 18.3 Å². The number of aryl methyl sites for hydroxylation is 1. The van der Waals surface area contributed by atoms with E-state index in [0.29, 0.717) is 24.3 Å². The molecule has 122 valence electrons. The smallest absolute Gasteiger partial charge is 0.222 e. The molecule has 2 bridgehead atoms. The molecule has 5 heteroatoms. The van der Waals surface area contributed by atoms with Crippen LogP contribution >= 0.6 is 12.4 Å². The van der Waals surface area contributed by atoms with Crippen molar-refractivity contribution < 1.29 is 9.53 Å². The van der Waals surface area contributed by atoms with Gasteiger partial charge in [0.1, 0.15) is 5.75 Å². The zero-order chi connectivity index (χ0) is 14.8. The molecule has 0 radical (unpaired) electrons. The van der Waals surface area contributed by atoms with Gasteiger partial charge in [0, 0.05) is 25.6 Å². The molecular weight excluding hydrogens is 300 g/mol. The molecule has 1 heterocycles. The summed E-state index contributed by atoms with van der Waals surface area (Å²) in [7, 11) is 1.66. The zero-order valence-electron chi connectivity index (χ0n) is 13.0. The Balaban J connectivity index is 0.00000176. The van der Waals surface area contributed by atoms with Crippen LogP contribution in [-0.4, -0.2) is 37.0 Å². The van der Waals surface area contributed by atoms with E-state index in [1.807, 2.05) is 29.2 Å². The number of methoxy groups -OCH3 is 1. The van der Waals surface area contributed by atoms with Crippen LogP contribution in [0.25, 0.3) is 0 Å². The molecule has 1 saturated carbocycles. The van der Waals surface area contributed by atoms with Gasteiger partial charge in [-0.1, -0.05) is 12.1 Å². The van der Waals surface area contributed by atoms with Gasteiger partial charge in [0.15, 0.2) is 0 Å². The highest BCUT2D eigenvalue weighted by Gasteiger charge is 2.40. The highest BCUT2D eigenvalue weighted by Crippen LogP contribution is 2.35. The number of carbonyl (C=O) groups excluding carboxylic acids is 1. The van der Waals surface area contributed by atoms with Gasteiger partial charge in [-0.05, 0) is 48.8 Å². The minimum Gasteiger partial charge on any atom is -0.497 e. The highest BCUT2D eigenvalue weighted by atomic mass is 35.5. The molecule has 1 amide bonds. The molecule has 0 spiro atoms. The number of amides is 1. The van der Waals surface area contributed by atoms with Crippen LogP contribution in [0, 0.1) is 11.8 Å². The van der Waals surface area contributed by atoms with E-state index < -0.39 is 0 Å². The Bertz CT molecular complexity index is 509. The van der Waals surface area contributed by atoms with Crippen molar-refractivity contribution in [1.29, 1.82) is 0 Å². The van der Waals surface area contributed by atoms with Gasteiger partial charge in [-0.3, -0.25) is 4.79 Å². The third-order valence-electron chi connectivity index (χ3n) is 5.02. The fourth-order valence-corrected chi connectivity index (χ4v) is 3.71. The maximum atomic E-state index is 12.4. The van der Waals surface area contributed by atoms with Crippen molar-refractivity contribution in [3.05, 3.63) is 29.8 Å². The molecule has 0 aromatic heterocycles. The second-order valence-corrected chi connectivity index (χ2v) is 6.33. The molecule has 2 N–H and O–H groups in total. The maximum Gasteiger partial charge on any atom is 0.222 e. The van der Waals surface area contributed by atoms with Crippen LogP contribution in [0.4, 0.5) is 0 Å². The van der Waals surface area contributed by atoms with Gasteiger partial charge in [0.05, 0.1) is 7.11 Å². The first kappa shape index (κ1) is 17.1. The third-order valence-corrected chi connectivity index (χ3v) is 5.02. The molecule has 2 aliphatic rings. The zero-order valence-corrected chi connectivity index (χ0v) is 13.8. The minimum absolute atomic E-state index is 0. The predicted octanol–water partition coefficient (Wildman–Crippen LogP) is 2.25. The predicted molar refractivity (Wildman–Crippen MR) is 89.3 cm³/mol. The SMILES string of the molecule is COc1cccc(CCC(=O)N2C[C@H]3CC[C@@H](C2)C3N)c1.Cl. The Hall–Kier alpha value is -1.26. The van der Waals surface area contributed by atoms with Crippen LogP contribution < -0.4 is 10.5 Å². The number of piperidine rings is 1. The lowest BCUT2D eigenvalue weighted by Crippen LogP contribution is -2.50. The van der Waals surface area contributed by atoms with Crippen molar-refractivity contribution in [3.8, 4) is 5.75 Å². The topological polar surface area (TPSA) is 55.6 Å². The van der Waals surface area contributed by atoms with Gasteiger partial charge < -0.3 is 15.4 Å². The Kier molecular flexibility index (Phi) is 5.70. The van der Waals surface area contributed by atoms with Crippen LogP contribution in [0.2, 0.25) is 0 Å². The summed E-state index contributed by atoms with van der Waals surface area (Å²) >= 11 is 0. The number of nitrogens with zero attached hydrogens (tertiary/aromatic N) is 1. The summed E-state index contributed by atoms with van der Waals surface area (Å²) in [5.41, 5.74) is 7.34. The Morgan fingerprint density at radius 1 is 1.32 bits per heavy atom. The number of fused-ring (bicyclic) bond motifs is 2. The molecule has 1 aliphatic carbocycles. The molecule has 22 heavy (non-hydrogen) atoms. The molecule has 1 aromatic rings. The van der Waals surface area contributed by atoms with Gasteiger partial charge >= 0.3 is 0 Å². The van der Waals surface area contributed by atoms with E-state index in [2.05, 4.69) is 0 Å². The maximum absolute atomic E-state index is 12.4. The van der Waals surface area contributed by atoms with E-state index in [0.717, 1.165) is 30.8 Å². The fourth-order valence-electron chi connectivity index (χ4n) is 3.71. The lowest BCUT2D eigenvalue weighted by Gasteiger charge is -2.36. The molecule has 3 atom stereocenters. The third kappa shape index (κ3) is 3.55. The number of rotatable bonds is 4. The van der Waals surface area contributed by atoms with E-state index in [1.54, 1.807) is 7.11 Å². The molecular formula is C17H25ClN2O2. The molecule has 4 nitrogen and oxygen atoms in total. The van der Waals surface area contributed by atoms with Crippen LogP contribution in [-0.2, 0) is 11.2 Å². The Labute approximate surface area is 138 Å². The first-order valence-electron chi connectivity index (χ1n) is 7.83. The summed E-state index contributed by atoms with van der Waals surface area (Å²) in [6.45, 7) is 1.71. The van der Waals surface area contributed by atoms with E-state index in [-0.39, 0.29) is 18.3 Å². The number of halogens is 1. The van der Waals surface area contributed by atoms with Crippen molar-refractivity contribution in [3.63, 3.8) is 0 Å². The van der Waals surface area contributed by atoms with Crippen molar-refractivity contribution in [2.45, 2.75) is 31.7 Å². The lowest BCUT2D eigenvalue weighted by atomic mass is 9.93. The number of likely N-dealkylation sites (tertiary alicyclic amines) is 1. The molecule has 2 fully saturated rings. The standard InChI is InChI=1S/C17H24N2O2.ClH/c1-21-15-4-2-3-12(9-15)5-8-16(20)19-10-13-6-7-14(11-19)17(13)18;/h2-4,9,13-14,17H,5-8,10-11,18H2,1H3;1H/t13-,14+,17?;. The van der Waals surface area contributed by atoms with Crippen LogP contribution in [0.5, 0.6) is 5.75 Å². The summed E-state index contributed by atoms with van der Waals surface area (Å²) in [4.78, 5) is 14.4. The first-order valence-corrected chi connectivity index (χ1v) is 7.83. The molecule has 1 saturated heterocycles. The van der Waals surface area contributed by atoms with Crippen molar-refractivity contribution in [1.82, 2.24) is 4.90 Å². The monoisotopic (exact) mass is 324 g/mol. The summed E-state index contributed by atoms with van der Waals surface area (Å²) in [5.74, 6) is 2.15. The Morgan fingerprint density at radius 2 is 2.00 bits per heavy atom. The number of hydrogen-bond donors (Lipinski definition) is 1. The summed E-state index contributed by atoms with van der Waals surface area (Å²) in [6.07, 6.45) is 3.72. The number of ether oxygens (including phenoxy) is 1. The fraction of sp³-hybridized carbons (Fsp3) is 0.588. The molecule has 1 aromatic carbocycles.